The number of nitrogens with one attached hydrogen (secondary N) is 1. The van der Waals surface area contributed by atoms with Gasteiger partial charge in [0.25, 0.3) is 5.91 Å². The topological polar surface area (TPSA) is 73.6 Å². The fourth-order valence-electron chi connectivity index (χ4n) is 1.13. The van der Waals surface area contributed by atoms with Crippen molar-refractivity contribution in [1.82, 2.24) is 5.32 Å². The molecule has 0 aliphatic heterocycles. The fourth-order valence-corrected chi connectivity index (χ4v) is 1.22. The van der Waals surface area contributed by atoms with E-state index >= 15 is 0 Å². The quantitative estimate of drug-likeness (QED) is 0.597. The second-order valence-corrected chi connectivity index (χ2v) is 3.62. The third kappa shape index (κ3) is 4.80. The van der Waals surface area contributed by atoms with Gasteiger partial charge in [-0.3, -0.25) is 10.1 Å². The lowest BCUT2D eigenvalue weighted by atomic mass is 10.2. The maximum absolute atomic E-state index is 11.5. The first-order valence-corrected chi connectivity index (χ1v) is 5.37. The number of methoxy groups -OCH3 is 1. The van der Waals surface area contributed by atoms with E-state index in [1.54, 1.807) is 31.4 Å². The number of benzene rings is 1. The fraction of sp³-hybridized carbons (Fsp3) is 0.273. The molecule has 0 atom stereocenters. The number of thiocarbonyl (C=S) groups is 1. The van der Waals surface area contributed by atoms with Crippen LogP contribution in [0.5, 0.6) is 5.75 Å². The van der Waals surface area contributed by atoms with Gasteiger partial charge in [-0.15, -0.1) is 0 Å². The Morgan fingerprint density at radius 3 is 2.53 bits per heavy atom. The van der Waals surface area contributed by atoms with E-state index in [9.17, 15) is 4.79 Å². The van der Waals surface area contributed by atoms with Gasteiger partial charge >= 0.3 is 0 Å². The van der Waals surface area contributed by atoms with Crippen LogP contribution in [0, 0.1) is 0 Å². The van der Waals surface area contributed by atoms with Gasteiger partial charge in [-0.1, -0.05) is 0 Å². The maximum atomic E-state index is 11.5. The molecule has 0 bridgehead atoms. The molecule has 0 spiro atoms. The van der Waals surface area contributed by atoms with Crippen molar-refractivity contribution < 1.29 is 14.3 Å². The highest BCUT2D eigenvalue weighted by molar-refractivity contribution is 7.80. The molecule has 0 saturated heterocycles. The summed E-state index contributed by atoms with van der Waals surface area (Å²) in [5.41, 5.74) is 5.67. The van der Waals surface area contributed by atoms with Crippen LogP contribution in [0.15, 0.2) is 24.3 Å². The van der Waals surface area contributed by atoms with Gasteiger partial charge < -0.3 is 15.2 Å². The number of ether oxygens (including phenoxy) is 2. The van der Waals surface area contributed by atoms with Crippen LogP contribution in [0.2, 0.25) is 0 Å². The summed E-state index contributed by atoms with van der Waals surface area (Å²) < 4.78 is 10.2. The molecule has 3 N–H and O–H groups in total. The van der Waals surface area contributed by atoms with Gasteiger partial charge in [-0.25, -0.2) is 0 Å². The van der Waals surface area contributed by atoms with Gasteiger partial charge in [0.1, 0.15) is 12.4 Å². The third-order valence-corrected chi connectivity index (χ3v) is 2.01. The van der Waals surface area contributed by atoms with Crippen LogP contribution in [0.3, 0.4) is 0 Å². The van der Waals surface area contributed by atoms with Gasteiger partial charge in [0.2, 0.25) is 0 Å². The molecule has 0 aliphatic rings. The van der Waals surface area contributed by atoms with Crippen LogP contribution < -0.4 is 15.8 Å². The zero-order valence-corrected chi connectivity index (χ0v) is 10.3. The summed E-state index contributed by atoms with van der Waals surface area (Å²) in [5, 5.41) is 2.29. The third-order valence-electron chi connectivity index (χ3n) is 1.91. The number of hydrogen-bond acceptors (Lipinski definition) is 4. The molecule has 5 nitrogen and oxygen atoms in total. The second kappa shape index (κ2) is 6.82. The summed E-state index contributed by atoms with van der Waals surface area (Å²) in [6.07, 6.45) is 0. The van der Waals surface area contributed by atoms with Gasteiger partial charge in [0.15, 0.2) is 5.11 Å². The van der Waals surface area contributed by atoms with Crippen molar-refractivity contribution in [2.75, 3.05) is 20.3 Å². The summed E-state index contributed by atoms with van der Waals surface area (Å²) in [5.74, 6) is 0.342. The van der Waals surface area contributed by atoms with E-state index in [0.717, 1.165) is 0 Å². The van der Waals surface area contributed by atoms with E-state index in [1.165, 1.54) is 0 Å². The maximum Gasteiger partial charge on any atom is 0.257 e. The second-order valence-electron chi connectivity index (χ2n) is 3.18. The highest BCUT2D eigenvalue weighted by Crippen LogP contribution is 2.11. The first-order chi connectivity index (χ1) is 8.13. The van der Waals surface area contributed by atoms with Crippen molar-refractivity contribution in [1.29, 1.82) is 0 Å². The van der Waals surface area contributed by atoms with Crippen molar-refractivity contribution >= 4 is 23.2 Å². The van der Waals surface area contributed by atoms with Gasteiger partial charge in [0, 0.05) is 12.7 Å². The summed E-state index contributed by atoms with van der Waals surface area (Å²) in [6.45, 7) is 0.985. The molecule has 6 heteroatoms. The molecule has 1 rings (SSSR count). The summed E-state index contributed by atoms with van der Waals surface area (Å²) >= 11 is 4.58. The predicted molar refractivity (Wildman–Crippen MR) is 68.1 cm³/mol. The van der Waals surface area contributed by atoms with E-state index in [1.807, 2.05) is 0 Å². The first-order valence-electron chi connectivity index (χ1n) is 4.96. The molecule has 0 saturated carbocycles. The summed E-state index contributed by atoms with van der Waals surface area (Å²) in [7, 11) is 1.60. The van der Waals surface area contributed by atoms with Crippen molar-refractivity contribution in [2.24, 2.45) is 5.73 Å². The molecular weight excluding hydrogens is 240 g/mol. The number of nitrogens with two attached hydrogens (primary N) is 1. The Hall–Kier alpha value is -1.66. The van der Waals surface area contributed by atoms with E-state index in [0.29, 0.717) is 24.5 Å². The molecular formula is C11H14N2O3S. The first kappa shape index (κ1) is 13.4. The molecule has 0 unspecified atom stereocenters. The summed E-state index contributed by atoms with van der Waals surface area (Å²) in [4.78, 5) is 11.5. The molecule has 0 radical (unpaired) electrons. The van der Waals surface area contributed by atoms with E-state index in [4.69, 9.17) is 15.2 Å². The average Bonchev–Trinajstić information content (AvgIpc) is 2.29. The Balaban J connectivity index is 2.55. The van der Waals surface area contributed by atoms with Crippen LogP contribution in [-0.2, 0) is 4.74 Å². The molecule has 1 aromatic carbocycles. The Labute approximate surface area is 105 Å². The van der Waals surface area contributed by atoms with Crippen molar-refractivity contribution in [2.45, 2.75) is 0 Å². The van der Waals surface area contributed by atoms with Crippen molar-refractivity contribution in [3.63, 3.8) is 0 Å². The number of carbonyl (C=O) groups is 1. The summed E-state index contributed by atoms with van der Waals surface area (Å²) in [6, 6.07) is 6.67. The molecule has 17 heavy (non-hydrogen) atoms. The molecule has 0 heterocycles. The van der Waals surface area contributed by atoms with E-state index in [-0.39, 0.29) is 11.0 Å². The Kier molecular flexibility index (Phi) is 5.38. The normalized spacial score (nSPS) is 9.71. The van der Waals surface area contributed by atoms with Gasteiger partial charge in [-0.2, -0.15) is 0 Å². The molecule has 0 aliphatic carbocycles. The standard InChI is InChI=1S/C11H14N2O3S/c1-15-6-7-16-9-4-2-8(3-5-9)10(14)13-11(12)17/h2-5H,6-7H2,1H3,(H3,12,13,14,17). The SMILES string of the molecule is COCCOc1ccc(C(=O)NC(N)=S)cc1. The highest BCUT2D eigenvalue weighted by atomic mass is 32.1. The molecule has 0 fully saturated rings. The van der Waals surface area contributed by atoms with Crippen LogP contribution in [-0.4, -0.2) is 31.3 Å². The lowest BCUT2D eigenvalue weighted by Gasteiger charge is -2.06. The van der Waals surface area contributed by atoms with E-state index < -0.39 is 0 Å². The Morgan fingerprint density at radius 2 is 2.00 bits per heavy atom. The molecule has 1 aromatic rings. The number of amides is 1. The van der Waals surface area contributed by atoms with Crippen LogP contribution in [0.1, 0.15) is 10.4 Å². The number of carbonyl (C=O) groups excluding carboxylic acids is 1. The monoisotopic (exact) mass is 254 g/mol. The lowest BCUT2D eigenvalue weighted by molar-refractivity contribution is 0.0977. The molecule has 92 valence electrons. The lowest BCUT2D eigenvalue weighted by Crippen LogP contribution is -2.34. The van der Waals surface area contributed by atoms with Gasteiger partial charge in [0.05, 0.1) is 6.61 Å². The van der Waals surface area contributed by atoms with Crippen molar-refractivity contribution in [3.8, 4) is 5.75 Å². The molecule has 1 amide bonds. The minimum atomic E-state index is -0.332. The Bertz CT molecular complexity index is 392. The minimum Gasteiger partial charge on any atom is -0.491 e. The van der Waals surface area contributed by atoms with Gasteiger partial charge in [-0.05, 0) is 36.5 Å². The molecule has 0 aromatic heterocycles. The number of rotatable bonds is 5. The largest absolute Gasteiger partial charge is 0.491 e. The smallest absolute Gasteiger partial charge is 0.257 e. The zero-order valence-electron chi connectivity index (χ0n) is 9.43. The Morgan fingerprint density at radius 1 is 1.35 bits per heavy atom. The number of hydrogen-bond donors (Lipinski definition) is 2. The van der Waals surface area contributed by atoms with Crippen LogP contribution in [0.25, 0.3) is 0 Å². The zero-order chi connectivity index (χ0) is 12.7. The average molecular weight is 254 g/mol. The van der Waals surface area contributed by atoms with Crippen molar-refractivity contribution in [3.05, 3.63) is 29.8 Å². The predicted octanol–water partition coefficient (Wildman–Crippen LogP) is 0.685. The highest BCUT2D eigenvalue weighted by Gasteiger charge is 2.05. The minimum absolute atomic E-state index is 0.0459. The van der Waals surface area contributed by atoms with Crippen LogP contribution in [0.4, 0.5) is 0 Å². The van der Waals surface area contributed by atoms with E-state index in [2.05, 4.69) is 17.5 Å². The van der Waals surface area contributed by atoms with Crippen LogP contribution >= 0.6 is 12.2 Å².